The second kappa shape index (κ2) is 5.50. The summed E-state index contributed by atoms with van der Waals surface area (Å²) >= 11 is 0. The third kappa shape index (κ3) is 3.36. The summed E-state index contributed by atoms with van der Waals surface area (Å²) in [5.41, 5.74) is 0.611. The number of aryl methyl sites for hydroxylation is 1. The summed E-state index contributed by atoms with van der Waals surface area (Å²) in [5, 5.41) is 9.93. The van der Waals surface area contributed by atoms with Gasteiger partial charge in [0.1, 0.15) is 0 Å². The van der Waals surface area contributed by atoms with E-state index in [0.29, 0.717) is 12.1 Å². The van der Waals surface area contributed by atoms with Gasteiger partial charge in [-0.2, -0.15) is 5.10 Å². The van der Waals surface area contributed by atoms with Crippen LogP contribution in [0.2, 0.25) is 0 Å². The fourth-order valence-corrected chi connectivity index (χ4v) is 1.10. The number of rotatable bonds is 5. The fraction of sp³-hybridized carbons (Fsp3) is 0.600. The van der Waals surface area contributed by atoms with Crippen molar-refractivity contribution in [3.8, 4) is 0 Å². The summed E-state index contributed by atoms with van der Waals surface area (Å²) in [5.74, 6) is -0.0724. The van der Waals surface area contributed by atoms with Crippen molar-refractivity contribution in [2.75, 3.05) is 13.6 Å². The molecule has 0 saturated heterocycles. The van der Waals surface area contributed by atoms with Crippen LogP contribution in [0.4, 0.5) is 0 Å². The third-order valence-corrected chi connectivity index (χ3v) is 2.28. The van der Waals surface area contributed by atoms with Crippen LogP contribution in [0.1, 0.15) is 24.2 Å². The summed E-state index contributed by atoms with van der Waals surface area (Å²) in [4.78, 5) is 11.6. The van der Waals surface area contributed by atoms with Crippen molar-refractivity contribution in [3.63, 3.8) is 0 Å². The molecule has 0 aliphatic heterocycles. The minimum absolute atomic E-state index is 0.0724. The molecule has 1 heterocycles. The monoisotopic (exact) mass is 210 g/mol. The number of likely N-dealkylation sites (N-methyl/N-ethyl adjacent to an activating group) is 1. The topological polar surface area (TPSA) is 59.0 Å². The molecular weight excluding hydrogens is 192 g/mol. The van der Waals surface area contributed by atoms with E-state index in [9.17, 15) is 4.79 Å². The van der Waals surface area contributed by atoms with Crippen LogP contribution in [0.3, 0.4) is 0 Å². The van der Waals surface area contributed by atoms with Crippen LogP contribution < -0.4 is 10.6 Å². The lowest BCUT2D eigenvalue weighted by Crippen LogP contribution is -2.37. The smallest absolute Gasteiger partial charge is 0.254 e. The van der Waals surface area contributed by atoms with Gasteiger partial charge in [0.25, 0.3) is 5.91 Å². The van der Waals surface area contributed by atoms with E-state index in [0.717, 1.165) is 6.54 Å². The van der Waals surface area contributed by atoms with Gasteiger partial charge in [-0.05, 0) is 20.9 Å². The van der Waals surface area contributed by atoms with E-state index in [1.54, 1.807) is 17.1 Å². The standard InChI is InChI=1S/C10H18N4O/c1-4-14-7-9(6-13-14)10(15)12-5-8(2)11-3/h6-8,11H,4-5H2,1-3H3,(H,12,15). The third-order valence-electron chi connectivity index (χ3n) is 2.28. The molecule has 2 N–H and O–H groups in total. The predicted octanol–water partition coefficient (Wildman–Crippen LogP) is 0.241. The van der Waals surface area contributed by atoms with Crippen molar-refractivity contribution < 1.29 is 4.79 Å². The molecule has 15 heavy (non-hydrogen) atoms. The van der Waals surface area contributed by atoms with E-state index in [2.05, 4.69) is 15.7 Å². The van der Waals surface area contributed by atoms with Gasteiger partial charge in [-0.25, -0.2) is 0 Å². The molecule has 84 valence electrons. The largest absolute Gasteiger partial charge is 0.350 e. The number of hydrogen-bond donors (Lipinski definition) is 2. The molecule has 1 amide bonds. The molecule has 5 heteroatoms. The first-order valence-electron chi connectivity index (χ1n) is 5.15. The van der Waals surface area contributed by atoms with Gasteiger partial charge >= 0.3 is 0 Å². The number of hydrogen-bond acceptors (Lipinski definition) is 3. The average molecular weight is 210 g/mol. The highest BCUT2D eigenvalue weighted by Gasteiger charge is 2.08. The van der Waals surface area contributed by atoms with Gasteiger partial charge in [-0.15, -0.1) is 0 Å². The average Bonchev–Trinajstić information content (AvgIpc) is 2.73. The van der Waals surface area contributed by atoms with Crippen molar-refractivity contribution >= 4 is 5.91 Å². The van der Waals surface area contributed by atoms with E-state index in [1.807, 2.05) is 20.9 Å². The zero-order valence-electron chi connectivity index (χ0n) is 9.45. The van der Waals surface area contributed by atoms with E-state index >= 15 is 0 Å². The van der Waals surface area contributed by atoms with Gasteiger partial charge in [0.2, 0.25) is 0 Å². The Kier molecular flexibility index (Phi) is 4.30. The van der Waals surface area contributed by atoms with Gasteiger partial charge in [-0.1, -0.05) is 0 Å². The number of aromatic nitrogens is 2. The molecule has 0 aliphatic rings. The Hall–Kier alpha value is -1.36. The predicted molar refractivity (Wildman–Crippen MR) is 58.8 cm³/mol. The van der Waals surface area contributed by atoms with Crippen molar-refractivity contribution in [2.45, 2.75) is 26.4 Å². The zero-order chi connectivity index (χ0) is 11.3. The van der Waals surface area contributed by atoms with Crippen LogP contribution >= 0.6 is 0 Å². The second-order valence-corrected chi connectivity index (χ2v) is 3.48. The second-order valence-electron chi connectivity index (χ2n) is 3.48. The SMILES string of the molecule is CCn1cc(C(=O)NCC(C)NC)cn1. The summed E-state index contributed by atoms with van der Waals surface area (Å²) in [6.07, 6.45) is 3.34. The van der Waals surface area contributed by atoms with Gasteiger partial charge in [-0.3, -0.25) is 9.48 Å². The van der Waals surface area contributed by atoms with Crippen LogP contribution in [-0.2, 0) is 6.54 Å². The van der Waals surface area contributed by atoms with E-state index in [-0.39, 0.29) is 11.9 Å². The molecule has 0 radical (unpaired) electrons. The molecule has 1 atom stereocenters. The first kappa shape index (κ1) is 11.7. The fourth-order valence-electron chi connectivity index (χ4n) is 1.10. The molecule has 0 fully saturated rings. The Morgan fingerprint density at radius 3 is 2.93 bits per heavy atom. The lowest BCUT2D eigenvalue weighted by molar-refractivity contribution is 0.0950. The Bertz CT molecular complexity index is 321. The lowest BCUT2D eigenvalue weighted by atomic mass is 10.3. The minimum Gasteiger partial charge on any atom is -0.350 e. The first-order chi connectivity index (χ1) is 7.17. The van der Waals surface area contributed by atoms with Gasteiger partial charge in [0.15, 0.2) is 0 Å². The summed E-state index contributed by atoms with van der Waals surface area (Å²) in [6.45, 7) is 5.39. The van der Waals surface area contributed by atoms with Crippen molar-refractivity contribution in [2.24, 2.45) is 0 Å². The van der Waals surface area contributed by atoms with Crippen molar-refractivity contribution in [3.05, 3.63) is 18.0 Å². The number of nitrogens with one attached hydrogen (secondary N) is 2. The van der Waals surface area contributed by atoms with Crippen molar-refractivity contribution in [1.82, 2.24) is 20.4 Å². The van der Waals surface area contributed by atoms with Crippen LogP contribution in [0.25, 0.3) is 0 Å². The Morgan fingerprint density at radius 1 is 1.67 bits per heavy atom. The number of carbonyl (C=O) groups is 1. The van der Waals surface area contributed by atoms with Crippen LogP contribution in [0, 0.1) is 0 Å². The molecule has 5 nitrogen and oxygen atoms in total. The van der Waals surface area contributed by atoms with E-state index in [1.165, 1.54) is 0 Å². The number of amides is 1. The first-order valence-corrected chi connectivity index (χ1v) is 5.15. The summed E-state index contributed by atoms with van der Waals surface area (Å²) in [6, 6.07) is 0.273. The van der Waals surface area contributed by atoms with Crippen molar-refractivity contribution in [1.29, 1.82) is 0 Å². The summed E-state index contributed by atoms with van der Waals surface area (Å²) < 4.78 is 1.73. The maximum Gasteiger partial charge on any atom is 0.254 e. The zero-order valence-corrected chi connectivity index (χ0v) is 9.45. The molecular formula is C10H18N4O. The molecule has 1 aromatic rings. The van der Waals surface area contributed by atoms with Gasteiger partial charge in [0.05, 0.1) is 11.8 Å². The van der Waals surface area contributed by atoms with Crippen LogP contribution in [-0.4, -0.2) is 35.3 Å². The Balaban J connectivity index is 2.46. The molecule has 0 aromatic carbocycles. The molecule has 1 aromatic heterocycles. The molecule has 0 aliphatic carbocycles. The van der Waals surface area contributed by atoms with Crippen LogP contribution in [0.15, 0.2) is 12.4 Å². The molecule has 0 bridgehead atoms. The quantitative estimate of drug-likeness (QED) is 0.732. The highest BCUT2D eigenvalue weighted by molar-refractivity contribution is 5.93. The minimum atomic E-state index is -0.0724. The highest BCUT2D eigenvalue weighted by atomic mass is 16.1. The summed E-state index contributed by atoms with van der Waals surface area (Å²) in [7, 11) is 1.87. The Labute approximate surface area is 89.9 Å². The van der Waals surface area contributed by atoms with Gasteiger partial charge in [0, 0.05) is 25.3 Å². The molecule has 1 unspecified atom stereocenters. The maximum absolute atomic E-state index is 11.6. The van der Waals surface area contributed by atoms with Crippen LogP contribution in [0.5, 0.6) is 0 Å². The molecule has 1 rings (SSSR count). The lowest BCUT2D eigenvalue weighted by Gasteiger charge is -2.10. The normalized spacial score (nSPS) is 12.5. The molecule has 0 spiro atoms. The Morgan fingerprint density at radius 2 is 2.40 bits per heavy atom. The number of nitrogens with zero attached hydrogens (tertiary/aromatic N) is 2. The molecule has 0 saturated carbocycles. The highest BCUT2D eigenvalue weighted by Crippen LogP contribution is 1.97. The van der Waals surface area contributed by atoms with Gasteiger partial charge < -0.3 is 10.6 Å². The van der Waals surface area contributed by atoms with E-state index in [4.69, 9.17) is 0 Å². The van der Waals surface area contributed by atoms with E-state index < -0.39 is 0 Å². The number of carbonyl (C=O) groups excluding carboxylic acids is 1. The maximum atomic E-state index is 11.6.